The first-order chi connectivity index (χ1) is 5.86. The SMILES string of the molecule is C[C@H](O)[C@@H](O)[C@](C)(CC=O)N(C)C. The number of aliphatic hydroxyl groups excluding tert-OH is 2. The maximum absolute atomic E-state index is 10.4. The van der Waals surface area contributed by atoms with Crippen LogP contribution in [0.2, 0.25) is 0 Å². The first kappa shape index (κ1) is 12.6. The average Bonchev–Trinajstić information content (AvgIpc) is 2.02. The van der Waals surface area contributed by atoms with E-state index in [2.05, 4.69) is 0 Å². The molecule has 2 N–H and O–H groups in total. The first-order valence-electron chi connectivity index (χ1n) is 4.33. The highest BCUT2D eigenvalue weighted by molar-refractivity contribution is 5.52. The maximum Gasteiger partial charge on any atom is 0.121 e. The lowest BCUT2D eigenvalue weighted by molar-refractivity contribution is -0.115. The van der Waals surface area contributed by atoms with Crippen molar-refractivity contribution in [3.63, 3.8) is 0 Å². The van der Waals surface area contributed by atoms with Crippen LogP contribution in [-0.2, 0) is 4.79 Å². The monoisotopic (exact) mass is 189 g/mol. The molecule has 0 bridgehead atoms. The Morgan fingerprint density at radius 2 is 1.92 bits per heavy atom. The minimum atomic E-state index is -0.923. The van der Waals surface area contributed by atoms with Gasteiger partial charge in [0.25, 0.3) is 0 Å². The molecule has 0 fully saturated rings. The number of aldehydes is 1. The van der Waals surface area contributed by atoms with E-state index in [0.29, 0.717) is 0 Å². The molecule has 0 aromatic heterocycles. The van der Waals surface area contributed by atoms with Crippen molar-refractivity contribution in [1.82, 2.24) is 4.90 Å². The number of nitrogens with zero attached hydrogens (tertiary/aromatic N) is 1. The summed E-state index contributed by atoms with van der Waals surface area (Å²) in [6.07, 6.45) is -0.808. The van der Waals surface area contributed by atoms with Crippen molar-refractivity contribution >= 4 is 6.29 Å². The third-order valence-corrected chi connectivity index (χ3v) is 2.61. The van der Waals surface area contributed by atoms with Gasteiger partial charge in [0.05, 0.1) is 17.7 Å². The van der Waals surface area contributed by atoms with Gasteiger partial charge in [-0.05, 0) is 27.9 Å². The summed E-state index contributed by atoms with van der Waals surface area (Å²) in [5, 5.41) is 18.9. The lowest BCUT2D eigenvalue weighted by Gasteiger charge is -2.40. The molecule has 0 saturated heterocycles. The van der Waals surface area contributed by atoms with Crippen molar-refractivity contribution in [2.75, 3.05) is 14.1 Å². The molecule has 0 rings (SSSR count). The van der Waals surface area contributed by atoms with Crippen molar-refractivity contribution in [1.29, 1.82) is 0 Å². The average molecular weight is 189 g/mol. The zero-order chi connectivity index (χ0) is 10.6. The van der Waals surface area contributed by atoms with Crippen LogP contribution in [0, 0.1) is 0 Å². The van der Waals surface area contributed by atoms with Crippen LogP contribution < -0.4 is 0 Å². The molecule has 0 aliphatic rings. The first-order valence-corrected chi connectivity index (χ1v) is 4.33. The standard InChI is InChI=1S/C9H19NO3/c1-7(12)8(13)9(2,5-6-11)10(3)4/h6-8,12-13H,5H2,1-4H3/t7-,8+,9-/m0/s1. The summed E-state index contributed by atoms with van der Waals surface area (Å²) in [5.41, 5.74) is -0.698. The molecule has 13 heavy (non-hydrogen) atoms. The lowest BCUT2D eigenvalue weighted by atomic mass is 9.87. The predicted molar refractivity (Wildman–Crippen MR) is 50.5 cm³/mol. The quantitative estimate of drug-likeness (QED) is 0.580. The predicted octanol–water partition coefficient (Wildman–Crippen LogP) is -0.363. The number of hydrogen-bond donors (Lipinski definition) is 2. The fourth-order valence-electron chi connectivity index (χ4n) is 1.26. The second-order valence-corrected chi connectivity index (χ2v) is 3.81. The molecule has 0 aromatic rings. The van der Waals surface area contributed by atoms with Gasteiger partial charge in [-0.15, -0.1) is 0 Å². The third-order valence-electron chi connectivity index (χ3n) is 2.61. The van der Waals surface area contributed by atoms with Crippen molar-refractivity contribution in [3.05, 3.63) is 0 Å². The largest absolute Gasteiger partial charge is 0.391 e. The van der Waals surface area contributed by atoms with E-state index in [-0.39, 0.29) is 6.42 Å². The molecular formula is C9H19NO3. The van der Waals surface area contributed by atoms with E-state index in [0.717, 1.165) is 6.29 Å². The molecule has 0 saturated carbocycles. The number of rotatable bonds is 5. The van der Waals surface area contributed by atoms with Crippen LogP contribution >= 0.6 is 0 Å². The van der Waals surface area contributed by atoms with E-state index in [1.165, 1.54) is 6.92 Å². The fraction of sp³-hybridized carbons (Fsp3) is 0.889. The van der Waals surface area contributed by atoms with Crippen molar-refractivity contribution in [2.24, 2.45) is 0 Å². The zero-order valence-corrected chi connectivity index (χ0v) is 8.69. The zero-order valence-electron chi connectivity index (χ0n) is 8.69. The highest BCUT2D eigenvalue weighted by Gasteiger charge is 2.37. The van der Waals surface area contributed by atoms with Crippen molar-refractivity contribution in [2.45, 2.75) is 38.0 Å². The van der Waals surface area contributed by atoms with E-state index in [1.54, 1.807) is 25.9 Å². The highest BCUT2D eigenvalue weighted by atomic mass is 16.3. The molecule has 0 spiro atoms. The van der Waals surface area contributed by atoms with Gasteiger partial charge in [0, 0.05) is 6.42 Å². The van der Waals surface area contributed by atoms with Crippen LogP contribution in [0.15, 0.2) is 0 Å². The smallest absolute Gasteiger partial charge is 0.121 e. The summed E-state index contributed by atoms with van der Waals surface area (Å²) in [6, 6.07) is 0. The minimum Gasteiger partial charge on any atom is -0.391 e. The Morgan fingerprint density at radius 1 is 1.46 bits per heavy atom. The van der Waals surface area contributed by atoms with Crippen LogP contribution in [-0.4, -0.2) is 53.2 Å². The van der Waals surface area contributed by atoms with E-state index < -0.39 is 17.7 Å². The number of carbonyl (C=O) groups excluding carboxylic acids is 1. The Balaban J connectivity index is 4.66. The third kappa shape index (κ3) is 2.76. The molecular weight excluding hydrogens is 170 g/mol. The topological polar surface area (TPSA) is 60.8 Å². The van der Waals surface area contributed by atoms with Gasteiger partial charge in [-0.3, -0.25) is 0 Å². The number of hydrogen-bond acceptors (Lipinski definition) is 4. The second kappa shape index (κ2) is 4.69. The minimum absolute atomic E-state index is 0.200. The van der Waals surface area contributed by atoms with Crippen LogP contribution in [0.5, 0.6) is 0 Å². The molecule has 0 unspecified atom stereocenters. The molecule has 0 amide bonds. The van der Waals surface area contributed by atoms with Crippen molar-refractivity contribution < 1.29 is 15.0 Å². The molecule has 78 valence electrons. The molecule has 0 radical (unpaired) electrons. The molecule has 4 nitrogen and oxygen atoms in total. The van der Waals surface area contributed by atoms with Gasteiger partial charge in [0.2, 0.25) is 0 Å². The van der Waals surface area contributed by atoms with Gasteiger partial charge in [0.1, 0.15) is 6.29 Å². The number of carbonyl (C=O) groups is 1. The van der Waals surface area contributed by atoms with Gasteiger partial charge < -0.3 is 19.9 Å². The molecule has 0 aromatic carbocycles. The molecule has 0 aliphatic heterocycles. The number of aliphatic hydroxyl groups is 2. The summed E-state index contributed by atoms with van der Waals surface area (Å²) in [5.74, 6) is 0. The number of likely N-dealkylation sites (N-methyl/N-ethyl adjacent to an activating group) is 1. The van der Waals surface area contributed by atoms with Crippen LogP contribution in [0.4, 0.5) is 0 Å². The van der Waals surface area contributed by atoms with Gasteiger partial charge in [-0.25, -0.2) is 0 Å². The Bertz CT molecular complexity index is 170. The molecule has 0 heterocycles. The van der Waals surface area contributed by atoms with E-state index >= 15 is 0 Å². The highest BCUT2D eigenvalue weighted by Crippen LogP contribution is 2.22. The van der Waals surface area contributed by atoms with Gasteiger partial charge in [-0.2, -0.15) is 0 Å². The Morgan fingerprint density at radius 3 is 2.15 bits per heavy atom. The van der Waals surface area contributed by atoms with Crippen LogP contribution in [0.3, 0.4) is 0 Å². The van der Waals surface area contributed by atoms with Gasteiger partial charge in [-0.1, -0.05) is 0 Å². The van der Waals surface area contributed by atoms with E-state index in [4.69, 9.17) is 0 Å². The summed E-state index contributed by atoms with van der Waals surface area (Å²) < 4.78 is 0. The Labute approximate surface area is 79.2 Å². The summed E-state index contributed by atoms with van der Waals surface area (Å²) in [6.45, 7) is 3.26. The second-order valence-electron chi connectivity index (χ2n) is 3.81. The molecule has 4 heteroatoms. The normalized spacial score (nSPS) is 20.8. The van der Waals surface area contributed by atoms with Gasteiger partial charge in [0.15, 0.2) is 0 Å². The van der Waals surface area contributed by atoms with E-state index in [9.17, 15) is 15.0 Å². The Kier molecular flexibility index (Phi) is 4.53. The fourth-order valence-corrected chi connectivity index (χ4v) is 1.26. The van der Waals surface area contributed by atoms with Crippen LogP contribution in [0.1, 0.15) is 20.3 Å². The van der Waals surface area contributed by atoms with Crippen LogP contribution in [0.25, 0.3) is 0 Å². The summed E-state index contributed by atoms with van der Waals surface area (Å²) >= 11 is 0. The molecule has 0 aliphatic carbocycles. The van der Waals surface area contributed by atoms with Gasteiger partial charge >= 0.3 is 0 Å². The lowest BCUT2D eigenvalue weighted by Crippen LogP contribution is -2.55. The summed E-state index contributed by atoms with van der Waals surface area (Å²) in [7, 11) is 3.55. The summed E-state index contributed by atoms with van der Waals surface area (Å²) in [4.78, 5) is 12.2. The van der Waals surface area contributed by atoms with Crippen molar-refractivity contribution in [3.8, 4) is 0 Å². The molecule has 3 atom stereocenters. The Hall–Kier alpha value is -0.450. The van der Waals surface area contributed by atoms with E-state index in [1.807, 2.05) is 0 Å². The maximum atomic E-state index is 10.4.